The molecule has 0 spiro atoms. The van der Waals surface area contributed by atoms with Crippen molar-refractivity contribution in [3.63, 3.8) is 0 Å². The van der Waals surface area contributed by atoms with Crippen LogP contribution in [0.3, 0.4) is 0 Å². The molecule has 3 rings (SSSR count). The lowest BCUT2D eigenvalue weighted by molar-refractivity contribution is -0.141. The van der Waals surface area contributed by atoms with Crippen LogP contribution >= 0.6 is 30.8 Å². The molecular formula is C31H42Cl2N3O7P. The third-order valence-corrected chi connectivity index (χ3v) is 9.64. The molecule has 44 heavy (non-hydrogen) atoms. The van der Waals surface area contributed by atoms with E-state index in [1.807, 2.05) is 0 Å². The summed E-state index contributed by atoms with van der Waals surface area (Å²) in [5, 5.41) is 6.47. The summed E-state index contributed by atoms with van der Waals surface area (Å²) in [6.45, 7) is 12.7. The van der Waals surface area contributed by atoms with Crippen molar-refractivity contribution in [2.45, 2.75) is 84.8 Å². The number of rotatable bonds is 11. The molecule has 1 fully saturated rings. The molecule has 13 heteroatoms. The summed E-state index contributed by atoms with van der Waals surface area (Å²) in [5.41, 5.74) is -0.743. The molecule has 2 aromatic carbocycles. The standard InChI is InChI=1S/C31H42Cl2N3O7P/c1-19(2)26(34-30(39)41-31(5,6)7)29(38)36-18-8-9-25(36)27(37)35-28(20(3)4)44(40,42-23-14-10-21(32)11-15-23)43-24-16-12-22(33)13-17-24/h10-17,19-20,25-26,28H,8-9,18H2,1-7H3,(H,34,39)(H,35,37)/t25-,26-,28?/m0/s1. The predicted octanol–water partition coefficient (Wildman–Crippen LogP) is 7.28. The maximum atomic E-state index is 14.6. The minimum absolute atomic E-state index is 0.234. The van der Waals surface area contributed by atoms with Gasteiger partial charge in [0, 0.05) is 16.6 Å². The number of nitrogens with zero attached hydrogens (tertiary/aromatic N) is 1. The van der Waals surface area contributed by atoms with Gasteiger partial charge in [-0.15, -0.1) is 0 Å². The van der Waals surface area contributed by atoms with Crippen molar-refractivity contribution in [1.82, 2.24) is 15.5 Å². The first-order valence-electron chi connectivity index (χ1n) is 14.6. The van der Waals surface area contributed by atoms with Crippen LogP contribution in [0.2, 0.25) is 10.0 Å². The molecule has 10 nitrogen and oxygen atoms in total. The largest absolute Gasteiger partial charge is 0.453 e. The van der Waals surface area contributed by atoms with Crippen molar-refractivity contribution < 1.29 is 32.7 Å². The Morgan fingerprint density at radius 3 is 1.80 bits per heavy atom. The van der Waals surface area contributed by atoms with Gasteiger partial charge in [-0.1, -0.05) is 50.9 Å². The summed E-state index contributed by atoms with van der Waals surface area (Å²) in [6, 6.07) is 10.8. The number of alkyl carbamates (subject to hydrolysis) is 1. The maximum absolute atomic E-state index is 14.6. The number of likely N-dealkylation sites (tertiary alicyclic amines) is 1. The van der Waals surface area contributed by atoms with Crippen LogP contribution in [0.4, 0.5) is 4.79 Å². The van der Waals surface area contributed by atoms with Crippen molar-refractivity contribution in [3.05, 3.63) is 58.6 Å². The fourth-order valence-electron chi connectivity index (χ4n) is 4.70. The molecule has 0 bridgehead atoms. The molecule has 1 heterocycles. The van der Waals surface area contributed by atoms with E-state index < -0.39 is 54.9 Å². The Balaban J connectivity index is 1.87. The number of benzene rings is 2. The van der Waals surface area contributed by atoms with Crippen LogP contribution in [0, 0.1) is 11.8 Å². The Hall–Kier alpha value is -2.94. The first-order chi connectivity index (χ1) is 20.5. The number of carbonyl (C=O) groups is 3. The molecule has 0 saturated carbocycles. The van der Waals surface area contributed by atoms with E-state index in [9.17, 15) is 18.9 Å². The van der Waals surface area contributed by atoms with Gasteiger partial charge in [-0.25, -0.2) is 9.36 Å². The van der Waals surface area contributed by atoms with Crippen LogP contribution in [-0.4, -0.2) is 52.8 Å². The van der Waals surface area contributed by atoms with E-state index in [-0.39, 0.29) is 17.4 Å². The van der Waals surface area contributed by atoms with Crippen molar-refractivity contribution in [2.75, 3.05) is 6.54 Å². The molecule has 2 aromatic rings. The fraction of sp³-hybridized carbons (Fsp3) is 0.516. The Bertz CT molecular complexity index is 1300. The molecule has 2 N–H and O–H groups in total. The second-order valence-electron chi connectivity index (χ2n) is 12.4. The summed E-state index contributed by atoms with van der Waals surface area (Å²) >= 11 is 12.1. The highest BCUT2D eigenvalue weighted by molar-refractivity contribution is 7.55. The number of ether oxygens (including phenoxy) is 1. The van der Waals surface area contributed by atoms with Crippen LogP contribution in [0.25, 0.3) is 0 Å². The smallest absolute Gasteiger partial charge is 0.444 e. The third-order valence-electron chi connectivity index (χ3n) is 6.80. The molecule has 242 valence electrons. The number of hydrogen-bond acceptors (Lipinski definition) is 7. The molecular weight excluding hydrogens is 628 g/mol. The van der Waals surface area contributed by atoms with Crippen LogP contribution in [0.15, 0.2) is 48.5 Å². The number of nitrogens with one attached hydrogen (secondary N) is 2. The number of amides is 3. The maximum Gasteiger partial charge on any atom is 0.453 e. The highest BCUT2D eigenvalue weighted by Crippen LogP contribution is 2.54. The minimum atomic E-state index is -4.17. The van der Waals surface area contributed by atoms with E-state index in [2.05, 4.69) is 10.6 Å². The second-order valence-corrected chi connectivity index (χ2v) is 15.3. The Kier molecular flexibility index (Phi) is 12.0. The molecule has 0 aliphatic carbocycles. The third kappa shape index (κ3) is 9.78. The second kappa shape index (κ2) is 14.9. The lowest BCUT2D eigenvalue weighted by Gasteiger charge is -2.34. The van der Waals surface area contributed by atoms with Gasteiger partial charge in [-0.05, 0) is 94.0 Å². The highest BCUT2D eigenvalue weighted by Gasteiger charge is 2.46. The van der Waals surface area contributed by atoms with E-state index in [0.29, 0.717) is 29.4 Å². The Morgan fingerprint density at radius 1 is 0.864 bits per heavy atom. The van der Waals surface area contributed by atoms with Crippen LogP contribution in [0.5, 0.6) is 11.5 Å². The first-order valence-corrected chi connectivity index (χ1v) is 17.0. The zero-order chi connectivity index (χ0) is 32.8. The SMILES string of the molecule is CC(C)C(NC(=O)[C@@H]1CCCN1C(=O)[C@@H](NC(=O)OC(C)(C)C)C(C)C)P(=O)(Oc1ccc(Cl)cc1)Oc1ccc(Cl)cc1. The summed E-state index contributed by atoms with van der Waals surface area (Å²) in [4.78, 5) is 41.5. The average molecular weight is 671 g/mol. The Morgan fingerprint density at radius 2 is 1.36 bits per heavy atom. The first kappa shape index (κ1) is 35.5. The van der Waals surface area contributed by atoms with Gasteiger partial charge in [0.1, 0.15) is 29.2 Å². The van der Waals surface area contributed by atoms with Gasteiger partial charge in [-0.3, -0.25) is 9.59 Å². The highest BCUT2D eigenvalue weighted by atomic mass is 35.5. The van der Waals surface area contributed by atoms with Crippen molar-refractivity contribution in [1.29, 1.82) is 0 Å². The topological polar surface area (TPSA) is 123 Å². The van der Waals surface area contributed by atoms with Crippen LogP contribution in [-0.2, 0) is 18.9 Å². The van der Waals surface area contributed by atoms with Gasteiger partial charge in [0.25, 0.3) is 0 Å². The number of hydrogen-bond donors (Lipinski definition) is 2. The van der Waals surface area contributed by atoms with Crippen LogP contribution < -0.4 is 19.7 Å². The molecule has 1 aliphatic heterocycles. The lowest BCUT2D eigenvalue weighted by atomic mass is 10.0. The summed E-state index contributed by atoms with van der Waals surface area (Å²) in [6.07, 6.45) is 0.248. The van der Waals surface area contributed by atoms with Crippen molar-refractivity contribution in [3.8, 4) is 11.5 Å². The van der Waals surface area contributed by atoms with Gasteiger partial charge in [0.2, 0.25) is 11.8 Å². The normalized spacial score (nSPS) is 16.8. The quantitative estimate of drug-likeness (QED) is 0.241. The molecule has 1 saturated heterocycles. The zero-order valence-corrected chi connectivity index (χ0v) is 28.5. The van der Waals surface area contributed by atoms with Gasteiger partial charge >= 0.3 is 13.7 Å². The van der Waals surface area contributed by atoms with Gasteiger partial charge in [0.05, 0.1) is 0 Å². The summed E-state index contributed by atoms with van der Waals surface area (Å²) in [7, 11) is -4.17. The van der Waals surface area contributed by atoms with E-state index in [0.717, 1.165) is 0 Å². The van der Waals surface area contributed by atoms with E-state index in [1.54, 1.807) is 97.0 Å². The average Bonchev–Trinajstić information content (AvgIpc) is 3.41. The van der Waals surface area contributed by atoms with Gasteiger partial charge < -0.3 is 29.3 Å². The van der Waals surface area contributed by atoms with Gasteiger partial charge in [-0.2, -0.15) is 0 Å². The summed E-state index contributed by atoms with van der Waals surface area (Å²) < 4.78 is 31.9. The van der Waals surface area contributed by atoms with E-state index in [4.69, 9.17) is 37.0 Å². The van der Waals surface area contributed by atoms with E-state index >= 15 is 0 Å². The zero-order valence-electron chi connectivity index (χ0n) is 26.1. The minimum Gasteiger partial charge on any atom is -0.444 e. The monoisotopic (exact) mass is 669 g/mol. The fourth-order valence-corrected chi connectivity index (χ4v) is 7.06. The molecule has 3 atom stereocenters. The van der Waals surface area contributed by atoms with Crippen molar-refractivity contribution in [2.24, 2.45) is 11.8 Å². The number of carbonyl (C=O) groups excluding carboxylic acids is 3. The van der Waals surface area contributed by atoms with E-state index in [1.165, 1.54) is 4.90 Å². The molecule has 1 aliphatic rings. The number of halogens is 2. The predicted molar refractivity (Wildman–Crippen MR) is 171 cm³/mol. The summed E-state index contributed by atoms with van der Waals surface area (Å²) in [5.74, 6) is -2.22. The van der Waals surface area contributed by atoms with Crippen LogP contribution in [0.1, 0.15) is 61.3 Å². The molecule has 0 aromatic heterocycles. The molecule has 1 unspecified atom stereocenters. The molecule has 0 radical (unpaired) electrons. The molecule has 3 amide bonds. The van der Waals surface area contributed by atoms with Crippen molar-refractivity contribution >= 4 is 48.7 Å². The van der Waals surface area contributed by atoms with Gasteiger partial charge in [0.15, 0.2) is 5.78 Å². The Labute approximate surface area is 269 Å². The lowest BCUT2D eigenvalue weighted by Crippen LogP contribution is -2.56.